The molecule has 4 nitrogen and oxygen atoms in total. The van der Waals surface area contributed by atoms with E-state index in [2.05, 4.69) is 12.2 Å². The average Bonchev–Trinajstić information content (AvgIpc) is 2.27. The summed E-state index contributed by atoms with van der Waals surface area (Å²) in [6.07, 6.45) is -4.82. The van der Waals surface area contributed by atoms with Gasteiger partial charge in [-0.15, -0.1) is 0 Å². The molecule has 0 fully saturated rings. The Morgan fingerprint density at radius 1 is 1.55 bits per heavy atom. The highest BCUT2D eigenvalue weighted by atomic mass is 35.5. The maximum absolute atomic E-state index is 13.1. The van der Waals surface area contributed by atoms with Crippen molar-refractivity contribution in [3.63, 3.8) is 0 Å². The molecule has 1 aromatic rings. The van der Waals surface area contributed by atoms with E-state index in [0.717, 1.165) is 18.2 Å². The number of rotatable bonds is 4. The van der Waals surface area contributed by atoms with Crippen molar-refractivity contribution in [3.8, 4) is 0 Å². The van der Waals surface area contributed by atoms with Gasteiger partial charge in [0, 0.05) is 11.1 Å². The fourth-order valence-electron chi connectivity index (χ4n) is 1.59. The molecule has 0 aromatic heterocycles. The molecule has 0 aliphatic heterocycles. The first-order chi connectivity index (χ1) is 9.18. The van der Waals surface area contributed by atoms with Crippen LogP contribution in [0, 0.1) is 10.1 Å². The minimum Gasteiger partial charge on any atom is -0.486 e. The molecule has 20 heavy (non-hydrogen) atoms. The van der Waals surface area contributed by atoms with Crippen LogP contribution in [-0.2, 0) is 4.74 Å². The van der Waals surface area contributed by atoms with Crippen molar-refractivity contribution >= 4 is 34.6 Å². The van der Waals surface area contributed by atoms with Crippen LogP contribution in [0.15, 0.2) is 18.2 Å². The number of nitrogens with zero attached hydrogens (tertiary/aromatic N) is 1. The lowest BCUT2D eigenvalue weighted by Gasteiger charge is -2.21. The molecule has 0 spiro atoms. The number of alkyl halides is 3. The van der Waals surface area contributed by atoms with Crippen molar-refractivity contribution in [2.24, 2.45) is 0 Å². The quantitative estimate of drug-likeness (QED) is 0.471. The van der Waals surface area contributed by atoms with Crippen LogP contribution in [0.1, 0.15) is 18.4 Å². The number of nitro groups is 1. The van der Waals surface area contributed by atoms with Crippen LogP contribution >= 0.6 is 23.8 Å². The third-order valence-corrected chi connectivity index (χ3v) is 2.94. The van der Waals surface area contributed by atoms with Gasteiger partial charge >= 0.3 is 6.18 Å². The van der Waals surface area contributed by atoms with Crippen molar-refractivity contribution in [3.05, 3.63) is 38.9 Å². The fourth-order valence-corrected chi connectivity index (χ4v) is 2.14. The lowest BCUT2D eigenvalue weighted by Crippen LogP contribution is -2.29. The Morgan fingerprint density at radius 3 is 2.60 bits per heavy atom. The molecule has 1 rings (SSSR count). The molecule has 9 heteroatoms. The van der Waals surface area contributed by atoms with Crippen LogP contribution in [0.2, 0.25) is 5.02 Å². The summed E-state index contributed by atoms with van der Waals surface area (Å²) >= 11 is 10.2. The van der Waals surface area contributed by atoms with Gasteiger partial charge in [0.05, 0.1) is 17.1 Å². The Bertz CT molecular complexity index is 536. The molecule has 0 saturated carbocycles. The second kappa shape index (κ2) is 6.36. The summed E-state index contributed by atoms with van der Waals surface area (Å²) in [5.41, 5.74) is -1.34. The third kappa shape index (κ3) is 3.80. The Hall–Kier alpha value is -1.41. The zero-order valence-corrected chi connectivity index (χ0v) is 11.7. The van der Waals surface area contributed by atoms with E-state index in [1.54, 1.807) is 0 Å². The molecule has 110 valence electrons. The summed E-state index contributed by atoms with van der Waals surface area (Å²) in [4.78, 5) is 9.94. The average molecular weight is 328 g/mol. The summed E-state index contributed by atoms with van der Waals surface area (Å²) in [7, 11) is 0. The normalized spacial score (nSPS) is 12.8. The lowest BCUT2D eigenvalue weighted by atomic mass is 9.97. The van der Waals surface area contributed by atoms with E-state index in [9.17, 15) is 23.3 Å². The SMILES string of the molecule is CCOC(=S)C(c1cc(Cl)ccc1[N+](=O)[O-])C(F)(F)F. The van der Waals surface area contributed by atoms with Crippen LogP contribution in [0.25, 0.3) is 0 Å². The van der Waals surface area contributed by atoms with Crippen molar-refractivity contribution in [1.29, 1.82) is 0 Å². The van der Waals surface area contributed by atoms with E-state index in [0.29, 0.717) is 0 Å². The zero-order valence-electron chi connectivity index (χ0n) is 10.1. The van der Waals surface area contributed by atoms with E-state index in [-0.39, 0.29) is 11.6 Å². The summed E-state index contributed by atoms with van der Waals surface area (Å²) in [5.74, 6) is -2.38. The van der Waals surface area contributed by atoms with Crippen molar-refractivity contribution in [2.45, 2.75) is 19.0 Å². The second-order valence-corrected chi connectivity index (χ2v) is 4.53. The molecule has 0 heterocycles. The topological polar surface area (TPSA) is 52.4 Å². The summed E-state index contributed by atoms with van der Waals surface area (Å²) in [5, 5.41) is 10.0. The van der Waals surface area contributed by atoms with Crippen molar-refractivity contribution in [2.75, 3.05) is 6.61 Å². The highest BCUT2D eigenvalue weighted by molar-refractivity contribution is 7.80. The van der Waals surface area contributed by atoms with Crippen LogP contribution < -0.4 is 0 Å². The molecule has 0 radical (unpaired) electrons. The zero-order chi connectivity index (χ0) is 15.5. The number of halogens is 4. The second-order valence-electron chi connectivity index (χ2n) is 3.69. The Balaban J connectivity index is 3.44. The Morgan fingerprint density at radius 2 is 2.15 bits per heavy atom. The largest absolute Gasteiger partial charge is 0.486 e. The van der Waals surface area contributed by atoms with E-state index in [1.165, 1.54) is 6.92 Å². The van der Waals surface area contributed by atoms with E-state index >= 15 is 0 Å². The summed E-state index contributed by atoms with van der Waals surface area (Å²) < 4.78 is 44.1. The van der Waals surface area contributed by atoms with Crippen LogP contribution in [0.5, 0.6) is 0 Å². The smallest absolute Gasteiger partial charge is 0.403 e. The van der Waals surface area contributed by atoms with Gasteiger partial charge in [-0.05, 0) is 31.3 Å². The van der Waals surface area contributed by atoms with E-state index < -0.39 is 33.3 Å². The molecule has 0 aliphatic rings. The Labute approximate surface area is 122 Å². The van der Waals surface area contributed by atoms with Crippen LogP contribution in [0.3, 0.4) is 0 Å². The number of hydrogen-bond donors (Lipinski definition) is 0. The van der Waals surface area contributed by atoms with Crippen molar-refractivity contribution in [1.82, 2.24) is 0 Å². The van der Waals surface area contributed by atoms with Gasteiger partial charge in [0.2, 0.25) is 0 Å². The van der Waals surface area contributed by atoms with E-state index in [1.807, 2.05) is 0 Å². The highest BCUT2D eigenvalue weighted by Crippen LogP contribution is 2.41. The maximum Gasteiger partial charge on any atom is 0.403 e. The number of ether oxygens (including phenoxy) is 1. The van der Waals surface area contributed by atoms with Gasteiger partial charge in [-0.2, -0.15) is 13.2 Å². The number of benzene rings is 1. The fraction of sp³-hybridized carbons (Fsp3) is 0.364. The molecular weight excluding hydrogens is 319 g/mol. The summed E-state index contributed by atoms with van der Waals surface area (Å²) in [6.45, 7) is 1.39. The molecule has 0 amide bonds. The first kappa shape index (κ1) is 16.6. The maximum atomic E-state index is 13.1. The molecule has 1 aromatic carbocycles. The van der Waals surface area contributed by atoms with Gasteiger partial charge in [0.1, 0.15) is 0 Å². The van der Waals surface area contributed by atoms with Crippen LogP contribution in [0.4, 0.5) is 18.9 Å². The first-order valence-electron chi connectivity index (χ1n) is 5.35. The van der Waals surface area contributed by atoms with Crippen LogP contribution in [-0.4, -0.2) is 22.8 Å². The highest BCUT2D eigenvalue weighted by Gasteiger charge is 2.47. The predicted molar refractivity (Wildman–Crippen MR) is 71.1 cm³/mol. The predicted octanol–water partition coefficient (Wildman–Crippen LogP) is 4.26. The van der Waals surface area contributed by atoms with Crippen molar-refractivity contribution < 1.29 is 22.8 Å². The number of hydrogen-bond acceptors (Lipinski definition) is 4. The standard InChI is InChI=1S/C11H9ClF3NO3S/c1-2-19-10(20)9(11(13,14)15)7-5-6(12)3-4-8(7)16(17)18/h3-5,9H,2H2,1H3. The molecule has 0 aliphatic carbocycles. The molecule has 0 bridgehead atoms. The number of nitro benzene ring substituents is 1. The third-order valence-electron chi connectivity index (χ3n) is 2.35. The van der Waals surface area contributed by atoms with Gasteiger partial charge < -0.3 is 4.74 Å². The summed E-state index contributed by atoms with van der Waals surface area (Å²) in [6, 6.07) is 2.93. The van der Waals surface area contributed by atoms with Gasteiger partial charge in [-0.25, -0.2) is 0 Å². The number of thiocarbonyl (C=S) groups is 1. The van der Waals surface area contributed by atoms with Gasteiger partial charge in [-0.3, -0.25) is 10.1 Å². The van der Waals surface area contributed by atoms with E-state index in [4.69, 9.17) is 16.3 Å². The molecule has 0 saturated heterocycles. The Kier molecular flexibility index (Phi) is 5.29. The first-order valence-corrected chi connectivity index (χ1v) is 6.14. The molecule has 1 unspecified atom stereocenters. The minimum atomic E-state index is -4.82. The van der Waals surface area contributed by atoms with Gasteiger partial charge in [0.25, 0.3) is 5.69 Å². The monoisotopic (exact) mass is 327 g/mol. The molecular formula is C11H9ClF3NO3S. The minimum absolute atomic E-state index is 0.0563. The lowest BCUT2D eigenvalue weighted by molar-refractivity contribution is -0.386. The molecule has 0 N–H and O–H groups in total. The molecule has 1 atom stereocenters. The van der Waals surface area contributed by atoms with Gasteiger partial charge in [-0.1, -0.05) is 11.6 Å². The van der Waals surface area contributed by atoms with Gasteiger partial charge in [0.15, 0.2) is 11.0 Å².